The lowest BCUT2D eigenvalue weighted by Crippen LogP contribution is -2.27. The third-order valence-electron chi connectivity index (χ3n) is 5.69. The molecule has 4 rings (SSSR count). The van der Waals surface area contributed by atoms with Crippen molar-refractivity contribution in [2.24, 2.45) is 11.7 Å². The molecule has 2 atom stereocenters. The summed E-state index contributed by atoms with van der Waals surface area (Å²) in [5, 5.41) is 12.8. The van der Waals surface area contributed by atoms with Crippen molar-refractivity contribution in [1.29, 1.82) is 0 Å². The number of aromatic nitrogens is 3. The molecule has 2 amide bonds. The number of carbonyl (C=O) groups is 2. The molecule has 0 bridgehead atoms. The van der Waals surface area contributed by atoms with Gasteiger partial charge in [0.05, 0.1) is 11.8 Å². The fourth-order valence-corrected chi connectivity index (χ4v) is 4.10. The predicted molar refractivity (Wildman–Crippen MR) is 112 cm³/mol. The van der Waals surface area contributed by atoms with Gasteiger partial charge in [0.2, 0.25) is 0 Å². The number of nitrogens with two attached hydrogens (primary N) is 1. The van der Waals surface area contributed by atoms with Gasteiger partial charge in [-0.1, -0.05) is 36.8 Å². The van der Waals surface area contributed by atoms with Gasteiger partial charge >= 0.3 is 0 Å². The van der Waals surface area contributed by atoms with E-state index in [0.29, 0.717) is 18.2 Å². The van der Waals surface area contributed by atoms with Crippen molar-refractivity contribution in [3.05, 3.63) is 54.1 Å². The molecule has 1 aliphatic rings. The Morgan fingerprint density at radius 1 is 1.23 bits per heavy atom. The molecular weight excluding hydrogens is 382 g/mol. The third kappa shape index (κ3) is 4.04. The van der Waals surface area contributed by atoms with Gasteiger partial charge in [0.1, 0.15) is 12.0 Å². The molecule has 1 aliphatic carbocycles. The molecule has 2 unspecified atom stereocenters. The number of nitrogens with one attached hydrogen (secondary N) is 1. The normalized spacial score (nSPS) is 18.6. The molecule has 2 heterocycles. The maximum absolute atomic E-state index is 12.8. The van der Waals surface area contributed by atoms with Crippen molar-refractivity contribution in [1.82, 2.24) is 19.7 Å². The lowest BCUT2D eigenvalue weighted by atomic mass is 10.00. The molecule has 0 radical (unpaired) electrons. The molecule has 1 saturated carbocycles. The molecular formula is C22H25N5O3. The van der Waals surface area contributed by atoms with Crippen molar-refractivity contribution in [2.45, 2.75) is 38.2 Å². The summed E-state index contributed by atoms with van der Waals surface area (Å²) in [4.78, 5) is 33.0. The van der Waals surface area contributed by atoms with E-state index in [1.54, 1.807) is 10.5 Å². The van der Waals surface area contributed by atoms with E-state index in [1.165, 1.54) is 6.33 Å². The van der Waals surface area contributed by atoms with Crippen LogP contribution in [0.4, 0.5) is 0 Å². The highest BCUT2D eigenvalue weighted by molar-refractivity contribution is 5.99. The first kappa shape index (κ1) is 20.0. The van der Waals surface area contributed by atoms with Crippen LogP contribution >= 0.6 is 0 Å². The highest BCUT2D eigenvalue weighted by Crippen LogP contribution is 2.29. The zero-order valence-corrected chi connectivity index (χ0v) is 16.6. The fourth-order valence-electron chi connectivity index (χ4n) is 4.10. The van der Waals surface area contributed by atoms with Crippen molar-refractivity contribution in [3.63, 3.8) is 0 Å². The Bertz CT molecular complexity index is 1060. The number of hydrogen-bond acceptors (Lipinski definition) is 5. The number of imidazole rings is 1. The van der Waals surface area contributed by atoms with E-state index in [2.05, 4.69) is 15.3 Å². The fraction of sp³-hybridized carbons (Fsp3) is 0.364. The molecule has 0 aliphatic heterocycles. The second kappa shape index (κ2) is 8.62. The summed E-state index contributed by atoms with van der Waals surface area (Å²) in [6, 6.07) is 11.2. The minimum Gasteiger partial charge on any atom is -0.393 e. The maximum atomic E-state index is 12.8. The number of rotatable bonds is 7. The van der Waals surface area contributed by atoms with E-state index in [-0.39, 0.29) is 29.0 Å². The number of aliphatic hydroxyl groups excluding tert-OH is 1. The van der Waals surface area contributed by atoms with Crippen LogP contribution in [0, 0.1) is 5.92 Å². The van der Waals surface area contributed by atoms with Crippen LogP contribution in [0.1, 0.15) is 53.1 Å². The average Bonchev–Trinajstić information content (AvgIpc) is 3.37. The molecule has 4 N–H and O–H groups in total. The van der Waals surface area contributed by atoms with Crippen LogP contribution in [-0.4, -0.2) is 43.9 Å². The second-order valence-corrected chi connectivity index (χ2v) is 7.70. The van der Waals surface area contributed by atoms with Gasteiger partial charge < -0.3 is 16.2 Å². The third-order valence-corrected chi connectivity index (χ3v) is 5.69. The van der Waals surface area contributed by atoms with Crippen LogP contribution in [0.15, 0.2) is 42.7 Å². The number of carbonyl (C=O) groups excluding carboxylic acids is 2. The van der Waals surface area contributed by atoms with Crippen LogP contribution in [0.25, 0.3) is 16.9 Å². The molecule has 0 saturated heterocycles. The van der Waals surface area contributed by atoms with Gasteiger partial charge in [0.25, 0.3) is 11.8 Å². The van der Waals surface area contributed by atoms with Gasteiger partial charge in [-0.25, -0.2) is 9.97 Å². The zero-order chi connectivity index (χ0) is 21.1. The van der Waals surface area contributed by atoms with E-state index < -0.39 is 5.91 Å². The van der Waals surface area contributed by atoms with Crippen LogP contribution in [-0.2, 0) is 0 Å². The predicted octanol–water partition coefficient (Wildman–Crippen LogP) is 2.17. The number of amides is 2. The first-order chi connectivity index (χ1) is 14.5. The van der Waals surface area contributed by atoms with Crippen LogP contribution in [0.2, 0.25) is 0 Å². The lowest BCUT2D eigenvalue weighted by molar-refractivity contribution is 0.0942. The molecule has 1 fully saturated rings. The van der Waals surface area contributed by atoms with E-state index in [0.717, 1.165) is 37.7 Å². The minimum atomic E-state index is -0.698. The smallest absolute Gasteiger partial charge is 0.271 e. The monoisotopic (exact) mass is 407 g/mol. The molecule has 1 aromatic carbocycles. The standard InChI is InChI=1S/C22H25N5O3/c23-20(29)19-21-26-16(22(30)24-11-5-9-15-8-4-10-18(15)28)12-17(27(21)13-25-19)14-6-2-1-3-7-14/h1-3,6-7,12-13,15,18,28H,4-5,8-11H2,(H2,23,29)(H,24,30). The van der Waals surface area contributed by atoms with E-state index >= 15 is 0 Å². The molecule has 8 nitrogen and oxygen atoms in total. The maximum Gasteiger partial charge on any atom is 0.271 e. The Labute approximate surface area is 174 Å². The number of nitrogens with zero attached hydrogens (tertiary/aromatic N) is 3. The van der Waals surface area contributed by atoms with Gasteiger partial charge in [0.15, 0.2) is 11.3 Å². The summed E-state index contributed by atoms with van der Waals surface area (Å²) in [5.74, 6) is -0.694. The minimum absolute atomic E-state index is 0.0250. The summed E-state index contributed by atoms with van der Waals surface area (Å²) in [7, 11) is 0. The topological polar surface area (TPSA) is 123 Å². The Morgan fingerprint density at radius 3 is 2.73 bits per heavy atom. The summed E-state index contributed by atoms with van der Waals surface area (Å²) in [5.41, 5.74) is 7.47. The van der Waals surface area contributed by atoms with Crippen molar-refractivity contribution < 1.29 is 14.7 Å². The zero-order valence-electron chi connectivity index (χ0n) is 16.6. The van der Waals surface area contributed by atoms with Gasteiger partial charge in [-0.15, -0.1) is 0 Å². The number of hydrogen-bond donors (Lipinski definition) is 3. The van der Waals surface area contributed by atoms with Crippen LogP contribution in [0.3, 0.4) is 0 Å². The highest BCUT2D eigenvalue weighted by atomic mass is 16.3. The highest BCUT2D eigenvalue weighted by Gasteiger charge is 2.24. The first-order valence-corrected chi connectivity index (χ1v) is 10.2. The van der Waals surface area contributed by atoms with E-state index in [4.69, 9.17) is 5.73 Å². The lowest BCUT2D eigenvalue weighted by Gasteiger charge is -2.14. The van der Waals surface area contributed by atoms with Gasteiger partial charge in [0, 0.05) is 6.54 Å². The average molecular weight is 407 g/mol. The number of fused-ring (bicyclic) bond motifs is 1. The SMILES string of the molecule is NC(=O)c1ncn2c(-c3ccccc3)cc(C(=O)NCCCC3CCCC3O)nc12. The van der Waals surface area contributed by atoms with Gasteiger partial charge in [-0.2, -0.15) is 0 Å². The van der Waals surface area contributed by atoms with Gasteiger partial charge in [-0.05, 0) is 43.2 Å². The number of benzene rings is 1. The Balaban J connectivity index is 1.56. The molecule has 8 heteroatoms. The Kier molecular flexibility index (Phi) is 5.76. The van der Waals surface area contributed by atoms with Crippen molar-refractivity contribution in [3.8, 4) is 11.3 Å². The van der Waals surface area contributed by atoms with Crippen molar-refractivity contribution >= 4 is 17.5 Å². The molecule has 2 aromatic heterocycles. The quantitative estimate of drug-likeness (QED) is 0.518. The first-order valence-electron chi connectivity index (χ1n) is 10.2. The summed E-state index contributed by atoms with van der Waals surface area (Å²) in [6.45, 7) is 0.498. The molecule has 156 valence electrons. The van der Waals surface area contributed by atoms with Crippen LogP contribution in [0.5, 0.6) is 0 Å². The van der Waals surface area contributed by atoms with Gasteiger partial charge in [-0.3, -0.25) is 14.0 Å². The molecule has 30 heavy (non-hydrogen) atoms. The second-order valence-electron chi connectivity index (χ2n) is 7.70. The summed E-state index contributed by atoms with van der Waals surface area (Å²) >= 11 is 0. The number of aliphatic hydroxyl groups is 1. The largest absolute Gasteiger partial charge is 0.393 e. The van der Waals surface area contributed by atoms with E-state index in [1.807, 2.05) is 30.3 Å². The van der Waals surface area contributed by atoms with Crippen LogP contribution < -0.4 is 11.1 Å². The summed E-state index contributed by atoms with van der Waals surface area (Å²) < 4.78 is 1.66. The number of primary amides is 1. The van der Waals surface area contributed by atoms with Crippen molar-refractivity contribution in [2.75, 3.05) is 6.54 Å². The Hall–Kier alpha value is -3.26. The Morgan fingerprint density at radius 2 is 2.03 bits per heavy atom. The molecule has 3 aromatic rings. The molecule has 0 spiro atoms. The summed E-state index contributed by atoms with van der Waals surface area (Å²) in [6.07, 6.45) is 5.93. The van der Waals surface area contributed by atoms with E-state index in [9.17, 15) is 14.7 Å².